The van der Waals surface area contributed by atoms with E-state index in [1.54, 1.807) is 12.4 Å². The molecule has 0 radical (unpaired) electrons. The van der Waals surface area contributed by atoms with Gasteiger partial charge in [-0.2, -0.15) is 13.2 Å². The summed E-state index contributed by atoms with van der Waals surface area (Å²) in [7, 11) is 0. The first-order valence-corrected chi connectivity index (χ1v) is 6.79. The second-order valence-electron chi connectivity index (χ2n) is 5.18. The number of aromatic amines is 1. The van der Waals surface area contributed by atoms with Gasteiger partial charge in [0.2, 0.25) is 5.91 Å². The van der Waals surface area contributed by atoms with Crippen molar-refractivity contribution in [3.63, 3.8) is 0 Å². The van der Waals surface area contributed by atoms with Crippen molar-refractivity contribution in [3.05, 3.63) is 18.2 Å². The Hall–Kier alpha value is -1.53. The van der Waals surface area contributed by atoms with E-state index in [9.17, 15) is 18.0 Å². The second-order valence-corrected chi connectivity index (χ2v) is 5.18. The number of imidazole rings is 1. The molecule has 0 aliphatic heterocycles. The predicted molar refractivity (Wildman–Crippen MR) is 66.8 cm³/mol. The van der Waals surface area contributed by atoms with Gasteiger partial charge < -0.3 is 10.3 Å². The number of carbonyl (C=O) groups is 1. The summed E-state index contributed by atoms with van der Waals surface area (Å²) in [6.07, 6.45) is 0.717. The maximum absolute atomic E-state index is 12.7. The fourth-order valence-electron chi connectivity index (χ4n) is 2.61. The van der Waals surface area contributed by atoms with Crippen LogP contribution in [0.15, 0.2) is 12.4 Å². The van der Waals surface area contributed by atoms with Crippen LogP contribution in [0.5, 0.6) is 0 Å². The van der Waals surface area contributed by atoms with Crippen LogP contribution in [0.1, 0.15) is 31.5 Å². The molecular weight excluding hydrogens is 271 g/mol. The minimum atomic E-state index is -4.19. The van der Waals surface area contributed by atoms with Crippen molar-refractivity contribution in [3.8, 4) is 0 Å². The molecule has 1 heterocycles. The summed E-state index contributed by atoms with van der Waals surface area (Å²) in [5.74, 6) is -1.38. The third-order valence-electron chi connectivity index (χ3n) is 3.72. The summed E-state index contributed by atoms with van der Waals surface area (Å²) in [4.78, 5) is 18.8. The third-order valence-corrected chi connectivity index (χ3v) is 3.72. The van der Waals surface area contributed by atoms with Crippen molar-refractivity contribution in [2.24, 2.45) is 11.8 Å². The lowest BCUT2D eigenvalue weighted by atomic mass is 9.80. The molecule has 1 fully saturated rings. The molecule has 1 amide bonds. The highest BCUT2D eigenvalue weighted by molar-refractivity contribution is 5.78. The van der Waals surface area contributed by atoms with Gasteiger partial charge in [0, 0.05) is 31.3 Å². The Labute approximate surface area is 115 Å². The van der Waals surface area contributed by atoms with E-state index in [-0.39, 0.29) is 18.7 Å². The summed E-state index contributed by atoms with van der Waals surface area (Å²) in [6, 6.07) is 0. The van der Waals surface area contributed by atoms with E-state index in [1.807, 2.05) is 0 Å². The molecule has 1 aliphatic carbocycles. The number of H-pyrrole nitrogens is 1. The molecule has 1 aromatic rings. The van der Waals surface area contributed by atoms with E-state index < -0.39 is 18.0 Å². The summed E-state index contributed by atoms with van der Waals surface area (Å²) in [5.41, 5.74) is 0. The summed E-state index contributed by atoms with van der Waals surface area (Å²) in [5, 5.41) is 2.70. The van der Waals surface area contributed by atoms with Crippen molar-refractivity contribution >= 4 is 5.91 Å². The summed E-state index contributed by atoms with van der Waals surface area (Å²) in [6.45, 7) is 0.388. The number of nitrogens with zero attached hydrogens (tertiary/aromatic N) is 1. The first-order chi connectivity index (χ1) is 9.47. The van der Waals surface area contributed by atoms with Gasteiger partial charge in [-0.1, -0.05) is 6.42 Å². The number of hydrogen-bond donors (Lipinski definition) is 2. The fourth-order valence-corrected chi connectivity index (χ4v) is 2.61. The molecule has 0 aromatic carbocycles. The minimum Gasteiger partial charge on any atom is -0.355 e. The number of rotatable bonds is 4. The number of hydrogen-bond acceptors (Lipinski definition) is 2. The molecule has 112 valence electrons. The Balaban J connectivity index is 1.77. The molecule has 1 saturated carbocycles. The molecule has 0 bridgehead atoms. The van der Waals surface area contributed by atoms with Crippen molar-refractivity contribution < 1.29 is 18.0 Å². The molecule has 4 nitrogen and oxygen atoms in total. The quantitative estimate of drug-likeness (QED) is 0.894. The smallest absolute Gasteiger partial charge is 0.355 e. The lowest BCUT2D eigenvalue weighted by Crippen LogP contribution is -2.38. The number of amides is 1. The van der Waals surface area contributed by atoms with Gasteiger partial charge in [-0.3, -0.25) is 4.79 Å². The van der Waals surface area contributed by atoms with Gasteiger partial charge in [0.15, 0.2) is 0 Å². The molecular formula is C13H18F3N3O. The van der Waals surface area contributed by atoms with Crippen molar-refractivity contribution in [1.82, 2.24) is 15.3 Å². The van der Waals surface area contributed by atoms with E-state index in [1.165, 1.54) is 0 Å². The molecule has 20 heavy (non-hydrogen) atoms. The van der Waals surface area contributed by atoms with Crippen LogP contribution in [0.25, 0.3) is 0 Å². The van der Waals surface area contributed by atoms with E-state index in [0.29, 0.717) is 25.8 Å². The Bertz CT molecular complexity index is 431. The monoisotopic (exact) mass is 289 g/mol. The SMILES string of the molecule is O=C(NCCc1ncc[nH]1)C1CCCC(C(F)(F)F)C1. The standard InChI is InChI=1S/C13H18F3N3O/c14-13(15,16)10-3-1-2-9(8-10)12(20)19-5-4-11-17-6-7-18-11/h6-7,9-10H,1-5,8H2,(H,17,18)(H,19,20). The number of halogens is 3. The summed E-state index contributed by atoms with van der Waals surface area (Å²) >= 11 is 0. The predicted octanol–water partition coefficient (Wildman–Crippen LogP) is 2.44. The number of alkyl halides is 3. The lowest BCUT2D eigenvalue weighted by Gasteiger charge is -2.29. The maximum atomic E-state index is 12.7. The topological polar surface area (TPSA) is 57.8 Å². The highest BCUT2D eigenvalue weighted by Gasteiger charge is 2.43. The van der Waals surface area contributed by atoms with Crippen LogP contribution in [0.4, 0.5) is 13.2 Å². The molecule has 2 unspecified atom stereocenters. The lowest BCUT2D eigenvalue weighted by molar-refractivity contribution is -0.186. The number of aromatic nitrogens is 2. The molecule has 7 heteroatoms. The van der Waals surface area contributed by atoms with Crippen molar-refractivity contribution in [1.29, 1.82) is 0 Å². The van der Waals surface area contributed by atoms with Crippen LogP contribution in [0.3, 0.4) is 0 Å². The average molecular weight is 289 g/mol. The minimum absolute atomic E-state index is 0.0872. The normalized spacial score (nSPS) is 23.6. The van der Waals surface area contributed by atoms with E-state index in [2.05, 4.69) is 15.3 Å². The zero-order valence-corrected chi connectivity index (χ0v) is 11.0. The first kappa shape index (κ1) is 14.9. The van der Waals surface area contributed by atoms with Crippen LogP contribution >= 0.6 is 0 Å². The van der Waals surface area contributed by atoms with Gasteiger partial charge in [-0.05, 0) is 19.3 Å². The average Bonchev–Trinajstić information content (AvgIpc) is 2.91. The van der Waals surface area contributed by atoms with E-state index >= 15 is 0 Å². The van der Waals surface area contributed by atoms with Crippen molar-refractivity contribution in [2.45, 2.75) is 38.3 Å². The van der Waals surface area contributed by atoms with Crippen molar-refractivity contribution in [2.75, 3.05) is 6.54 Å². The number of nitrogens with one attached hydrogen (secondary N) is 2. The van der Waals surface area contributed by atoms with Crippen LogP contribution in [0, 0.1) is 11.8 Å². The molecule has 0 spiro atoms. The first-order valence-electron chi connectivity index (χ1n) is 6.79. The molecule has 1 aromatic heterocycles. The zero-order chi connectivity index (χ0) is 14.6. The van der Waals surface area contributed by atoms with Gasteiger partial charge in [0.05, 0.1) is 5.92 Å². The Morgan fingerprint density at radius 3 is 2.90 bits per heavy atom. The van der Waals surface area contributed by atoms with Crippen LogP contribution in [0.2, 0.25) is 0 Å². The molecule has 2 rings (SSSR count). The van der Waals surface area contributed by atoms with Crippen LogP contribution < -0.4 is 5.32 Å². The van der Waals surface area contributed by atoms with Gasteiger partial charge in [-0.25, -0.2) is 4.98 Å². The Morgan fingerprint density at radius 1 is 1.45 bits per heavy atom. The van der Waals surface area contributed by atoms with Gasteiger partial charge in [0.25, 0.3) is 0 Å². The maximum Gasteiger partial charge on any atom is 0.391 e. The summed E-state index contributed by atoms with van der Waals surface area (Å²) < 4.78 is 38.0. The third kappa shape index (κ3) is 3.98. The fraction of sp³-hybridized carbons (Fsp3) is 0.692. The highest BCUT2D eigenvalue weighted by Crippen LogP contribution is 2.39. The molecule has 2 N–H and O–H groups in total. The number of carbonyl (C=O) groups excluding carboxylic acids is 1. The Kier molecular flexibility index (Phi) is 4.67. The molecule has 0 saturated heterocycles. The van der Waals surface area contributed by atoms with Gasteiger partial charge >= 0.3 is 6.18 Å². The molecule has 1 aliphatic rings. The zero-order valence-electron chi connectivity index (χ0n) is 11.0. The molecule has 2 atom stereocenters. The van der Waals surface area contributed by atoms with Gasteiger partial charge in [-0.15, -0.1) is 0 Å². The van der Waals surface area contributed by atoms with E-state index in [0.717, 1.165) is 5.82 Å². The highest BCUT2D eigenvalue weighted by atomic mass is 19.4. The second kappa shape index (κ2) is 6.28. The Morgan fingerprint density at radius 2 is 2.25 bits per heavy atom. The van der Waals surface area contributed by atoms with Gasteiger partial charge in [0.1, 0.15) is 5.82 Å². The largest absolute Gasteiger partial charge is 0.391 e. The van der Waals surface area contributed by atoms with E-state index in [4.69, 9.17) is 0 Å². The van der Waals surface area contributed by atoms with Crippen LogP contribution in [-0.2, 0) is 11.2 Å². The van der Waals surface area contributed by atoms with Crippen LogP contribution in [-0.4, -0.2) is 28.6 Å².